The topological polar surface area (TPSA) is 46.3 Å². The minimum atomic E-state index is -0.625. The number of rotatable bonds is 2. The van der Waals surface area contributed by atoms with Gasteiger partial charge in [0, 0.05) is 10.7 Å². The molecule has 1 fully saturated rings. The Labute approximate surface area is 120 Å². The van der Waals surface area contributed by atoms with Crippen LogP contribution >= 0.6 is 11.6 Å². The number of carbonyl (C=O) groups is 1. The highest BCUT2D eigenvalue weighted by atomic mass is 35.5. The van der Waals surface area contributed by atoms with Crippen molar-refractivity contribution in [1.82, 2.24) is 0 Å². The molecule has 5 heteroatoms. The summed E-state index contributed by atoms with van der Waals surface area (Å²) in [6.45, 7) is 0. The van der Waals surface area contributed by atoms with Crippen molar-refractivity contribution in [1.29, 1.82) is 0 Å². The predicted molar refractivity (Wildman–Crippen MR) is 76.1 cm³/mol. The molecule has 0 radical (unpaired) electrons. The van der Waals surface area contributed by atoms with Gasteiger partial charge in [-0.05, 0) is 35.9 Å². The maximum absolute atomic E-state index is 13.0. The molecule has 2 N–H and O–H groups in total. The Kier molecular flexibility index (Phi) is 3.20. The van der Waals surface area contributed by atoms with Crippen LogP contribution in [0.3, 0.4) is 0 Å². The number of nitrogens with two attached hydrogens (primary N) is 1. The highest BCUT2D eigenvalue weighted by molar-refractivity contribution is 6.31. The molecule has 3 rings (SSSR count). The molecule has 102 valence electrons. The Morgan fingerprint density at radius 1 is 1.10 bits per heavy atom. The molecule has 1 aliphatic heterocycles. The standard InChI is InChI=1S/C15H12ClFN2O/c16-12-4-2-1-3-11(12)14-13(18)15(20)19(14)10-7-5-9(17)6-8-10/h1-8,13-14H,18H2/t13-,14+/m1/s1. The van der Waals surface area contributed by atoms with Gasteiger partial charge in [0.05, 0.1) is 6.04 Å². The Bertz CT molecular complexity index is 659. The van der Waals surface area contributed by atoms with Crippen molar-refractivity contribution in [2.75, 3.05) is 4.90 Å². The minimum absolute atomic E-state index is 0.193. The van der Waals surface area contributed by atoms with E-state index in [0.717, 1.165) is 5.56 Å². The number of hydrogen-bond acceptors (Lipinski definition) is 2. The van der Waals surface area contributed by atoms with Gasteiger partial charge in [0.15, 0.2) is 0 Å². The van der Waals surface area contributed by atoms with Gasteiger partial charge in [-0.15, -0.1) is 0 Å². The normalized spacial score (nSPS) is 21.8. The third kappa shape index (κ3) is 1.97. The summed E-state index contributed by atoms with van der Waals surface area (Å²) in [5.74, 6) is -0.540. The van der Waals surface area contributed by atoms with Crippen molar-refractivity contribution in [2.45, 2.75) is 12.1 Å². The minimum Gasteiger partial charge on any atom is -0.318 e. The molecule has 1 amide bonds. The Hall–Kier alpha value is -1.91. The summed E-state index contributed by atoms with van der Waals surface area (Å²) < 4.78 is 13.0. The van der Waals surface area contributed by atoms with Gasteiger partial charge < -0.3 is 10.6 Å². The zero-order chi connectivity index (χ0) is 14.3. The van der Waals surface area contributed by atoms with E-state index >= 15 is 0 Å². The van der Waals surface area contributed by atoms with Crippen LogP contribution in [0.4, 0.5) is 10.1 Å². The summed E-state index contributed by atoms with van der Waals surface area (Å²) >= 11 is 6.17. The fraction of sp³-hybridized carbons (Fsp3) is 0.133. The van der Waals surface area contributed by atoms with Crippen LogP contribution in [0.5, 0.6) is 0 Å². The van der Waals surface area contributed by atoms with Crippen LogP contribution in [0.2, 0.25) is 5.02 Å². The van der Waals surface area contributed by atoms with Crippen molar-refractivity contribution in [2.24, 2.45) is 5.73 Å². The lowest BCUT2D eigenvalue weighted by Gasteiger charge is -2.45. The van der Waals surface area contributed by atoms with Crippen molar-refractivity contribution < 1.29 is 9.18 Å². The summed E-state index contributed by atoms with van der Waals surface area (Å²) in [7, 11) is 0. The van der Waals surface area contributed by atoms with E-state index in [1.807, 2.05) is 18.2 Å². The van der Waals surface area contributed by atoms with E-state index in [0.29, 0.717) is 10.7 Å². The van der Waals surface area contributed by atoms with E-state index < -0.39 is 6.04 Å². The highest BCUT2D eigenvalue weighted by Gasteiger charge is 2.47. The Morgan fingerprint density at radius 3 is 2.40 bits per heavy atom. The molecular weight excluding hydrogens is 279 g/mol. The number of nitrogens with zero attached hydrogens (tertiary/aromatic N) is 1. The fourth-order valence-electron chi connectivity index (χ4n) is 2.45. The van der Waals surface area contributed by atoms with Gasteiger partial charge in [-0.25, -0.2) is 4.39 Å². The molecule has 20 heavy (non-hydrogen) atoms. The van der Waals surface area contributed by atoms with Gasteiger partial charge >= 0.3 is 0 Å². The quantitative estimate of drug-likeness (QED) is 0.865. The number of amides is 1. The van der Waals surface area contributed by atoms with Crippen molar-refractivity contribution >= 4 is 23.2 Å². The number of benzene rings is 2. The molecular formula is C15H12ClFN2O. The van der Waals surface area contributed by atoms with Crippen molar-refractivity contribution in [3.63, 3.8) is 0 Å². The molecule has 2 aromatic rings. The van der Waals surface area contributed by atoms with Crippen LogP contribution in [0, 0.1) is 5.82 Å². The monoisotopic (exact) mass is 290 g/mol. The van der Waals surface area contributed by atoms with Crippen LogP contribution in [0.1, 0.15) is 11.6 Å². The number of β-lactam (4-membered cyclic amide) rings is 1. The lowest BCUT2D eigenvalue weighted by atomic mass is 9.88. The summed E-state index contributed by atoms with van der Waals surface area (Å²) in [4.78, 5) is 13.6. The SMILES string of the molecule is N[C@H]1C(=O)N(c2ccc(F)cc2)[C@H]1c1ccccc1Cl. The van der Waals surface area contributed by atoms with Gasteiger partial charge in [0.2, 0.25) is 5.91 Å². The van der Waals surface area contributed by atoms with Gasteiger partial charge in [-0.3, -0.25) is 4.79 Å². The molecule has 1 aliphatic rings. The second-order valence-corrected chi connectivity index (χ2v) is 5.08. The van der Waals surface area contributed by atoms with E-state index in [4.69, 9.17) is 17.3 Å². The molecule has 1 saturated heterocycles. The molecule has 1 heterocycles. The van der Waals surface area contributed by atoms with Gasteiger partial charge in [0.1, 0.15) is 11.9 Å². The van der Waals surface area contributed by atoms with Crippen LogP contribution in [0.25, 0.3) is 0 Å². The van der Waals surface area contributed by atoms with Crippen molar-refractivity contribution in [3.8, 4) is 0 Å². The predicted octanol–water partition coefficient (Wildman–Crippen LogP) is 2.89. The van der Waals surface area contributed by atoms with Crippen LogP contribution < -0.4 is 10.6 Å². The average molecular weight is 291 g/mol. The molecule has 0 aliphatic carbocycles. The molecule has 2 aromatic carbocycles. The largest absolute Gasteiger partial charge is 0.318 e. The second-order valence-electron chi connectivity index (χ2n) is 4.68. The van der Waals surface area contributed by atoms with E-state index in [2.05, 4.69) is 0 Å². The maximum atomic E-state index is 13.0. The molecule has 0 saturated carbocycles. The lowest BCUT2D eigenvalue weighted by molar-refractivity contribution is -0.126. The first kappa shape index (κ1) is 13.1. The fourth-order valence-corrected chi connectivity index (χ4v) is 2.70. The molecule has 3 nitrogen and oxygen atoms in total. The van der Waals surface area contributed by atoms with E-state index in [9.17, 15) is 9.18 Å². The first-order valence-electron chi connectivity index (χ1n) is 6.18. The lowest BCUT2D eigenvalue weighted by Crippen LogP contribution is -2.63. The molecule has 0 unspecified atom stereocenters. The number of halogens is 2. The summed E-state index contributed by atoms with van der Waals surface area (Å²) in [5, 5.41) is 0.563. The zero-order valence-electron chi connectivity index (χ0n) is 10.5. The van der Waals surface area contributed by atoms with Crippen LogP contribution in [-0.2, 0) is 4.79 Å². The highest BCUT2D eigenvalue weighted by Crippen LogP contribution is 2.40. The second kappa shape index (κ2) is 4.89. The number of carbonyl (C=O) groups excluding carboxylic acids is 1. The first-order valence-corrected chi connectivity index (χ1v) is 6.56. The van der Waals surface area contributed by atoms with E-state index in [1.165, 1.54) is 12.1 Å². The zero-order valence-corrected chi connectivity index (χ0v) is 11.2. The third-order valence-electron chi connectivity index (χ3n) is 3.47. The van der Waals surface area contributed by atoms with E-state index in [-0.39, 0.29) is 17.8 Å². The van der Waals surface area contributed by atoms with Gasteiger partial charge in [-0.2, -0.15) is 0 Å². The van der Waals surface area contributed by atoms with Crippen LogP contribution in [0.15, 0.2) is 48.5 Å². The average Bonchev–Trinajstić information content (AvgIpc) is 2.46. The van der Waals surface area contributed by atoms with Gasteiger partial charge in [0.25, 0.3) is 0 Å². The maximum Gasteiger partial charge on any atom is 0.247 e. The third-order valence-corrected chi connectivity index (χ3v) is 3.81. The van der Waals surface area contributed by atoms with Gasteiger partial charge in [-0.1, -0.05) is 29.8 Å². The van der Waals surface area contributed by atoms with Crippen LogP contribution in [-0.4, -0.2) is 11.9 Å². The molecule has 0 aromatic heterocycles. The molecule has 0 spiro atoms. The summed E-state index contributed by atoms with van der Waals surface area (Å²) in [6.07, 6.45) is 0. The summed E-state index contributed by atoms with van der Waals surface area (Å²) in [6, 6.07) is 12.1. The Morgan fingerprint density at radius 2 is 1.75 bits per heavy atom. The smallest absolute Gasteiger partial charge is 0.247 e. The number of hydrogen-bond donors (Lipinski definition) is 1. The Balaban J connectivity index is 2.00. The first-order chi connectivity index (χ1) is 9.59. The van der Waals surface area contributed by atoms with E-state index in [1.54, 1.807) is 23.1 Å². The molecule has 2 atom stereocenters. The molecule has 0 bridgehead atoms. The van der Waals surface area contributed by atoms with Crippen molar-refractivity contribution in [3.05, 3.63) is 64.9 Å². The number of anilines is 1. The summed E-state index contributed by atoms with van der Waals surface area (Å²) in [5.41, 5.74) is 7.31.